The first kappa shape index (κ1) is 13.2. The lowest BCUT2D eigenvalue weighted by molar-refractivity contribution is -0.132. The Morgan fingerprint density at radius 3 is 2.95 bits per heavy atom. The number of rotatable bonds is 3. The van der Waals surface area contributed by atoms with Crippen LogP contribution in [-0.2, 0) is 4.79 Å². The first-order valence-corrected chi connectivity index (χ1v) is 6.22. The molecule has 1 atom stereocenters. The van der Waals surface area contributed by atoms with Gasteiger partial charge >= 0.3 is 0 Å². The Hall–Kier alpha value is -2.22. The molecule has 0 bridgehead atoms. The lowest BCUT2D eigenvalue weighted by Crippen LogP contribution is -2.43. The van der Waals surface area contributed by atoms with E-state index in [0.29, 0.717) is 24.3 Å². The number of likely N-dealkylation sites (tertiary alicyclic amines) is 1. The summed E-state index contributed by atoms with van der Waals surface area (Å²) in [5.41, 5.74) is 1.34. The summed E-state index contributed by atoms with van der Waals surface area (Å²) in [4.78, 5) is 13.2. The van der Waals surface area contributed by atoms with Crippen molar-refractivity contribution in [2.75, 3.05) is 26.0 Å². The van der Waals surface area contributed by atoms with E-state index in [0.717, 1.165) is 12.1 Å². The standard InChI is InChI=1S/C14H17N3O2/c1-17-9-11(4-6-14(17)18)16-13-7-12(19-2)5-3-10(13)8-15/h3,5,7,11,16H,4,6,9H2,1-2H3. The number of benzene rings is 1. The van der Waals surface area contributed by atoms with Gasteiger partial charge in [0.2, 0.25) is 5.91 Å². The third-order valence-corrected chi connectivity index (χ3v) is 3.33. The number of carbonyl (C=O) groups is 1. The van der Waals surface area contributed by atoms with Gasteiger partial charge in [-0.3, -0.25) is 4.79 Å². The molecular formula is C14H17N3O2. The molecule has 1 unspecified atom stereocenters. The third-order valence-electron chi connectivity index (χ3n) is 3.33. The van der Waals surface area contributed by atoms with E-state index < -0.39 is 0 Å². The Bertz CT molecular complexity index is 522. The van der Waals surface area contributed by atoms with Crippen LogP contribution in [-0.4, -0.2) is 37.6 Å². The summed E-state index contributed by atoms with van der Waals surface area (Å²) in [6.45, 7) is 0.654. The summed E-state index contributed by atoms with van der Waals surface area (Å²) in [7, 11) is 3.39. The number of nitriles is 1. The van der Waals surface area contributed by atoms with E-state index in [-0.39, 0.29) is 11.9 Å². The fourth-order valence-electron chi connectivity index (χ4n) is 2.22. The van der Waals surface area contributed by atoms with Gasteiger partial charge in [-0.25, -0.2) is 0 Å². The lowest BCUT2D eigenvalue weighted by Gasteiger charge is -2.31. The molecule has 1 amide bonds. The number of nitrogens with zero attached hydrogens (tertiary/aromatic N) is 2. The van der Waals surface area contributed by atoms with Crippen LogP contribution in [0.1, 0.15) is 18.4 Å². The number of likely N-dealkylation sites (N-methyl/N-ethyl adjacent to an activating group) is 1. The molecule has 0 radical (unpaired) electrons. The Morgan fingerprint density at radius 2 is 2.32 bits per heavy atom. The summed E-state index contributed by atoms with van der Waals surface area (Å²) in [5.74, 6) is 0.880. The van der Waals surface area contributed by atoms with Gasteiger partial charge in [-0.15, -0.1) is 0 Å². The van der Waals surface area contributed by atoms with Crippen molar-refractivity contribution in [3.05, 3.63) is 23.8 Å². The number of hydrogen-bond donors (Lipinski definition) is 1. The van der Waals surface area contributed by atoms with E-state index in [1.165, 1.54) is 0 Å². The molecule has 1 aliphatic rings. The maximum Gasteiger partial charge on any atom is 0.222 e. The van der Waals surface area contributed by atoms with E-state index in [9.17, 15) is 4.79 Å². The summed E-state index contributed by atoms with van der Waals surface area (Å²) >= 11 is 0. The average Bonchev–Trinajstić information content (AvgIpc) is 2.43. The van der Waals surface area contributed by atoms with Crippen molar-refractivity contribution in [3.63, 3.8) is 0 Å². The van der Waals surface area contributed by atoms with Gasteiger partial charge in [0.25, 0.3) is 0 Å². The van der Waals surface area contributed by atoms with Crippen LogP contribution in [0.2, 0.25) is 0 Å². The molecule has 0 aliphatic carbocycles. The Labute approximate surface area is 112 Å². The first-order chi connectivity index (χ1) is 9.13. The van der Waals surface area contributed by atoms with Crippen LogP contribution >= 0.6 is 0 Å². The van der Waals surface area contributed by atoms with Crippen LogP contribution in [0.15, 0.2) is 18.2 Å². The minimum atomic E-state index is 0.168. The van der Waals surface area contributed by atoms with Gasteiger partial charge in [0.05, 0.1) is 18.4 Å². The monoisotopic (exact) mass is 259 g/mol. The molecule has 5 heteroatoms. The van der Waals surface area contributed by atoms with Gasteiger partial charge in [0, 0.05) is 32.1 Å². The van der Waals surface area contributed by atoms with Crippen molar-refractivity contribution in [2.45, 2.75) is 18.9 Å². The second-order valence-electron chi connectivity index (χ2n) is 4.68. The van der Waals surface area contributed by atoms with Crippen LogP contribution < -0.4 is 10.1 Å². The third kappa shape index (κ3) is 2.97. The number of anilines is 1. The summed E-state index contributed by atoms with van der Waals surface area (Å²) in [6.07, 6.45) is 1.32. The highest BCUT2D eigenvalue weighted by molar-refractivity contribution is 5.77. The Kier molecular flexibility index (Phi) is 3.91. The summed E-state index contributed by atoms with van der Waals surface area (Å²) < 4.78 is 5.17. The fraction of sp³-hybridized carbons (Fsp3) is 0.429. The van der Waals surface area contributed by atoms with Crippen molar-refractivity contribution < 1.29 is 9.53 Å². The number of methoxy groups -OCH3 is 1. The molecule has 1 saturated heterocycles. The summed E-state index contributed by atoms with van der Waals surface area (Å²) in [6, 6.07) is 7.64. The van der Waals surface area contributed by atoms with Crippen LogP contribution in [0.25, 0.3) is 0 Å². The Morgan fingerprint density at radius 1 is 1.53 bits per heavy atom. The maximum absolute atomic E-state index is 11.4. The van der Waals surface area contributed by atoms with Gasteiger partial charge in [-0.2, -0.15) is 5.26 Å². The molecule has 1 aliphatic heterocycles. The predicted molar refractivity (Wildman–Crippen MR) is 72.0 cm³/mol. The second kappa shape index (κ2) is 5.61. The molecule has 5 nitrogen and oxygen atoms in total. The van der Waals surface area contributed by atoms with Gasteiger partial charge < -0.3 is 15.0 Å². The lowest BCUT2D eigenvalue weighted by atomic mass is 10.0. The number of amides is 1. The zero-order valence-corrected chi connectivity index (χ0v) is 11.1. The molecule has 0 saturated carbocycles. The number of hydrogen-bond acceptors (Lipinski definition) is 4. The average molecular weight is 259 g/mol. The van der Waals surface area contributed by atoms with Crippen LogP contribution in [0.5, 0.6) is 5.75 Å². The zero-order valence-electron chi connectivity index (χ0n) is 11.1. The summed E-state index contributed by atoms with van der Waals surface area (Å²) in [5, 5.41) is 12.4. The Balaban J connectivity index is 2.14. The SMILES string of the molecule is COc1ccc(C#N)c(NC2CCC(=O)N(C)C2)c1. The van der Waals surface area contributed by atoms with Crippen molar-refractivity contribution in [2.24, 2.45) is 0 Å². The molecule has 1 aromatic carbocycles. The topological polar surface area (TPSA) is 65.4 Å². The normalized spacial score (nSPS) is 18.9. The molecule has 1 heterocycles. The molecule has 100 valence electrons. The minimum absolute atomic E-state index is 0.168. The van der Waals surface area contributed by atoms with Crippen molar-refractivity contribution >= 4 is 11.6 Å². The van der Waals surface area contributed by atoms with Crippen LogP contribution in [0, 0.1) is 11.3 Å². The highest BCUT2D eigenvalue weighted by Gasteiger charge is 2.23. The number of piperidine rings is 1. The van der Waals surface area contributed by atoms with Crippen LogP contribution in [0.4, 0.5) is 5.69 Å². The largest absolute Gasteiger partial charge is 0.497 e. The molecule has 1 N–H and O–H groups in total. The maximum atomic E-state index is 11.4. The second-order valence-corrected chi connectivity index (χ2v) is 4.68. The van der Waals surface area contributed by atoms with E-state index in [1.54, 1.807) is 31.2 Å². The van der Waals surface area contributed by atoms with E-state index in [2.05, 4.69) is 11.4 Å². The molecule has 1 aromatic rings. The number of nitrogens with one attached hydrogen (secondary N) is 1. The number of carbonyl (C=O) groups excluding carboxylic acids is 1. The molecule has 1 fully saturated rings. The van der Waals surface area contributed by atoms with Crippen molar-refractivity contribution in [3.8, 4) is 11.8 Å². The zero-order chi connectivity index (χ0) is 13.8. The van der Waals surface area contributed by atoms with Crippen molar-refractivity contribution in [1.29, 1.82) is 5.26 Å². The highest BCUT2D eigenvalue weighted by atomic mass is 16.5. The van der Waals surface area contributed by atoms with Gasteiger partial charge in [0.1, 0.15) is 11.8 Å². The predicted octanol–water partition coefficient (Wildman–Crippen LogP) is 1.60. The fourth-order valence-corrected chi connectivity index (χ4v) is 2.22. The molecule has 2 rings (SSSR count). The quantitative estimate of drug-likeness (QED) is 0.895. The van der Waals surface area contributed by atoms with Gasteiger partial charge in [-0.05, 0) is 18.6 Å². The van der Waals surface area contributed by atoms with Crippen molar-refractivity contribution in [1.82, 2.24) is 4.90 Å². The molecule has 0 spiro atoms. The van der Waals surface area contributed by atoms with E-state index >= 15 is 0 Å². The highest BCUT2D eigenvalue weighted by Crippen LogP contribution is 2.24. The van der Waals surface area contributed by atoms with E-state index in [4.69, 9.17) is 10.00 Å². The molecule has 0 aromatic heterocycles. The van der Waals surface area contributed by atoms with Gasteiger partial charge in [0.15, 0.2) is 0 Å². The smallest absolute Gasteiger partial charge is 0.222 e. The minimum Gasteiger partial charge on any atom is -0.497 e. The first-order valence-electron chi connectivity index (χ1n) is 6.22. The number of ether oxygens (including phenoxy) is 1. The van der Waals surface area contributed by atoms with E-state index in [1.807, 2.05) is 6.07 Å². The molecule has 19 heavy (non-hydrogen) atoms. The van der Waals surface area contributed by atoms with Crippen LogP contribution in [0.3, 0.4) is 0 Å². The molecular weight excluding hydrogens is 242 g/mol. The van der Waals surface area contributed by atoms with Gasteiger partial charge in [-0.1, -0.05) is 0 Å².